The van der Waals surface area contributed by atoms with E-state index in [0.717, 1.165) is 28.2 Å². The summed E-state index contributed by atoms with van der Waals surface area (Å²) in [4.78, 5) is 0. The van der Waals surface area contributed by atoms with Gasteiger partial charge in [-0.15, -0.1) is 0 Å². The van der Waals surface area contributed by atoms with Crippen LogP contribution in [0.1, 0.15) is 23.1 Å². The molecule has 3 atom stereocenters. The van der Waals surface area contributed by atoms with E-state index in [1.54, 1.807) is 14.2 Å². The van der Waals surface area contributed by atoms with Crippen molar-refractivity contribution in [1.29, 1.82) is 0 Å². The molecule has 3 aromatic carbocycles. The second kappa shape index (κ2) is 9.71. The Labute approximate surface area is 188 Å². The molecule has 0 saturated carbocycles. The Kier molecular flexibility index (Phi) is 6.77. The highest BCUT2D eigenvalue weighted by Crippen LogP contribution is 2.42. The molecule has 1 fully saturated rings. The van der Waals surface area contributed by atoms with Crippen LogP contribution in [0.4, 0.5) is 0 Å². The third-order valence-corrected chi connectivity index (χ3v) is 5.84. The van der Waals surface area contributed by atoms with E-state index in [1.807, 2.05) is 78.9 Å². The van der Waals surface area contributed by atoms with Crippen LogP contribution in [0.3, 0.4) is 0 Å². The van der Waals surface area contributed by atoms with Crippen LogP contribution < -0.4 is 9.47 Å². The Hall–Kier alpha value is -2.90. The lowest BCUT2D eigenvalue weighted by Crippen LogP contribution is -2.38. The van der Waals surface area contributed by atoms with Crippen LogP contribution in [0, 0.1) is 0 Å². The number of ether oxygens (including phenoxy) is 4. The van der Waals surface area contributed by atoms with Crippen molar-refractivity contribution in [2.75, 3.05) is 20.8 Å². The monoisotopic (exact) mass is 436 g/mol. The van der Waals surface area contributed by atoms with E-state index in [0.29, 0.717) is 0 Å². The van der Waals surface area contributed by atoms with E-state index >= 15 is 0 Å². The lowest BCUT2D eigenvalue weighted by atomic mass is 9.80. The molecular formula is C26H28O6. The molecule has 0 aromatic heterocycles. The third-order valence-electron chi connectivity index (χ3n) is 5.84. The maximum atomic E-state index is 10.3. The molecule has 168 valence electrons. The Bertz CT molecular complexity index is 940. The SMILES string of the molecule is COc1ccc(C(OCC2OC(O)CC2O)(c2ccccc2)c2ccc(OC)cc2)cc1. The number of benzene rings is 3. The lowest BCUT2D eigenvalue weighted by Gasteiger charge is -2.37. The largest absolute Gasteiger partial charge is 0.497 e. The van der Waals surface area contributed by atoms with Gasteiger partial charge in [0.25, 0.3) is 0 Å². The van der Waals surface area contributed by atoms with Crippen LogP contribution in [-0.2, 0) is 15.1 Å². The van der Waals surface area contributed by atoms with Gasteiger partial charge in [-0.3, -0.25) is 0 Å². The molecule has 0 radical (unpaired) electrons. The molecule has 0 amide bonds. The van der Waals surface area contributed by atoms with Crippen LogP contribution in [0.15, 0.2) is 78.9 Å². The average molecular weight is 437 g/mol. The van der Waals surface area contributed by atoms with Gasteiger partial charge in [0.05, 0.1) is 26.9 Å². The van der Waals surface area contributed by atoms with Crippen molar-refractivity contribution in [3.63, 3.8) is 0 Å². The fraction of sp³-hybridized carbons (Fsp3) is 0.308. The van der Waals surface area contributed by atoms with E-state index in [9.17, 15) is 10.2 Å². The molecular weight excluding hydrogens is 408 g/mol. The van der Waals surface area contributed by atoms with Crippen LogP contribution >= 0.6 is 0 Å². The quantitative estimate of drug-likeness (QED) is 0.527. The van der Waals surface area contributed by atoms with Gasteiger partial charge in [0.2, 0.25) is 0 Å². The average Bonchev–Trinajstić information content (AvgIpc) is 3.17. The summed E-state index contributed by atoms with van der Waals surface area (Å²) in [5.74, 6) is 1.48. The molecule has 1 aliphatic heterocycles. The van der Waals surface area contributed by atoms with Gasteiger partial charge in [-0.2, -0.15) is 0 Å². The fourth-order valence-electron chi connectivity index (χ4n) is 4.14. The molecule has 2 N–H and O–H groups in total. The predicted molar refractivity (Wildman–Crippen MR) is 120 cm³/mol. The highest BCUT2D eigenvalue weighted by atomic mass is 16.6. The van der Waals surface area contributed by atoms with E-state index in [4.69, 9.17) is 18.9 Å². The Morgan fingerprint density at radius 3 is 1.72 bits per heavy atom. The molecule has 1 aliphatic rings. The van der Waals surface area contributed by atoms with Gasteiger partial charge in [0, 0.05) is 6.42 Å². The Balaban J connectivity index is 1.84. The van der Waals surface area contributed by atoms with Crippen molar-refractivity contribution in [2.45, 2.75) is 30.5 Å². The number of rotatable bonds is 8. The molecule has 1 heterocycles. The van der Waals surface area contributed by atoms with Crippen LogP contribution in [0.5, 0.6) is 11.5 Å². The fourth-order valence-corrected chi connectivity index (χ4v) is 4.14. The normalized spacial score (nSPS) is 20.8. The molecule has 0 bridgehead atoms. The summed E-state index contributed by atoms with van der Waals surface area (Å²) >= 11 is 0. The zero-order valence-corrected chi connectivity index (χ0v) is 18.2. The Morgan fingerprint density at radius 2 is 1.28 bits per heavy atom. The molecule has 6 heteroatoms. The van der Waals surface area contributed by atoms with Gasteiger partial charge in [-0.25, -0.2) is 0 Å². The van der Waals surface area contributed by atoms with Crippen molar-refractivity contribution in [3.8, 4) is 11.5 Å². The summed E-state index contributed by atoms with van der Waals surface area (Å²) in [6.07, 6.45) is -2.27. The molecule has 4 rings (SSSR count). The standard InChI is InChI=1S/C26H28O6/c1-29-21-12-8-19(9-13-21)26(18-6-4-3-5-7-18,20-10-14-22(30-2)15-11-20)31-17-24-23(27)16-25(28)32-24/h3-15,23-25,27-28H,16-17H2,1-2H3. The number of aliphatic hydroxyl groups is 2. The first-order valence-electron chi connectivity index (χ1n) is 10.6. The maximum absolute atomic E-state index is 10.3. The first kappa shape index (κ1) is 22.3. The number of aliphatic hydroxyl groups excluding tert-OH is 2. The van der Waals surface area contributed by atoms with Crippen molar-refractivity contribution >= 4 is 0 Å². The number of hydrogen-bond acceptors (Lipinski definition) is 6. The van der Waals surface area contributed by atoms with Gasteiger partial charge in [-0.1, -0.05) is 54.6 Å². The molecule has 1 saturated heterocycles. The molecule has 3 aromatic rings. The van der Waals surface area contributed by atoms with Crippen LogP contribution in [0.2, 0.25) is 0 Å². The van der Waals surface area contributed by atoms with Gasteiger partial charge < -0.3 is 29.2 Å². The topological polar surface area (TPSA) is 77.4 Å². The summed E-state index contributed by atoms with van der Waals surface area (Å²) < 4.78 is 22.9. The smallest absolute Gasteiger partial charge is 0.157 e. The summed E-state index contributed by atoms with van der Waals surface area (Å²) in [7, 11) is 3.26. The Morgan fingerprint density at radius 1 is 0.781 bits per heavy atom. The second-order valence-electron chi connectivity index (χ2n) is 7.75. The molecule has 32 heavy (non-hydrogen) atoms. The first-order valence-corrected chi connectivity index (χ1v) is 10.6. The summed E-state index contributed by atoms with van der Waals surface area (Å²) in [6.45, 7) is 0.0885. The summed E-state index contributed by atoms with van der Waals surface area (Å²) in [5.41, 5.74) is 1.71. The minimum absolute atomic E-state index is 0.0885. The van der Waals surface area contributed by atoms with Gasteiger partial charge >= 0.3 is 0 Å². The van der Waals surface area contributed by atoms with Gasteiger partial charge in [-0.05, 0) is 41.0 Å². The molecule has 6 nitrogen and oxygen atoms in total. The minimum Gasteiger partial charge on any atom is -0.497 e. The third kappa shape index (κ3) is 4.36. The number of methoxy groups -OCH3 is 2. The van der Waals surface area contributed by atoms with E-state index in [1.165, 1.54) is 0 Å². The highest BCUT2D eigenvalue weighted by Gasteiger charge is 2.41. The summed E-state index contributed by atoms with van der Waals surface area (Å²) in [5, 5.41) is 20.1. The van der Waals surface area contributed by atoms with Crippen LogP contribution in [0.25, 0.3) is 0 Å². The minimum atomic E-state index is -0.994. The van der Waals surface area contributed by atoms with E-state index < -0.39 is 24.1 Å². The summed E-state index contributed by atoms with van der Waals surface area (Å²) in [6, 6.07) is 25.4. The van der Waals surface area contributed by atoms with Crippen molar-refractivity contribution in [1.82, 2.24) is 0 Å². The lowest BCUT2D eigenvalue weighted by molar-refractivity contribution is -0.130. The number of hydrogen-bond donors (Lipinski definition) is 2. The molecule has 3 unspecified atom stereocenters. The maximum Gasteiger partial charge on any atom is 0.157 e. The zero-order valence-electron chi connectivity index (χ0n) is 18.2. The van der Waals surface area contributed by atoms with E-state index in [2.05, 4.69) is 0 Å². The van der Waals surface area contributed by atoms with Crippen molar-refractivity contribution in [2.24, 2.45) is 0 Å². The molecule has 0 aliphatic carbocycles. The first-order chi connectivity index (χ1) is 15.6. The van der Waals surface area contributed by atoms with Gasteiger partial charge in [0.15, 0.2) is 6.29 Å². The predicted octanol–water partition coefficient (Wildman–Crippen LogP) is 3.48. The highest BCUT2D eigenvalue weighted by molar-refractivity contribution is 5.49. The second-order valence-corrected chi connectivity index (χ2v) is 7.75. The van der Waals surface area contributed by atoms with Gasteiger partial charge in [0.1, 0.15) is 23.2 Å². The molecule has 0 spiro atoms. The van der Waals surface area contributed by atoms with E-state index in [-0.39, 0.29) is 13.0 Å². The van der Waals surface area contributed by atoms with Crippen LogP contribution in [-0.4, -0.2) is 49.5 Å². The van der Waals surface area contributed by atoms with Crippen molar-refractivity contribution < 1.29 is 29.2 Å². The zero-order chi connectivity index (χ0) is 22.6. The van der Waals surface area contributed by atoms with Crippen molar-refractivity contribution in [3.05, 3.63) is 95.6 Å².